The molecule has 0 saturated carbocycles. The number of ether oxygens (including phenoxy) is 1. The first-order valence-corrected chi connectivity index (χ1v) is 2.86. The van der Waals surface area contributed by atoms with Crippen molar-refractivity contribution in [3.05, 3.63) is 4.91 Å². The van der Waals surface area contributed by atoms with Crippen LogP contribution < -0.4 is 0 Å². The minimum atomic E-state index is -1.00. The quantitative estimate of drug-likeness (QED) is 0.431. The summed E-state index contributed by atoms with van der Waals surface area (Å²) in [6, 6.07) is 0. The van der Waals surface area contributed by atoms with E-state index in [1.807, 2.05) is 0 Å². The minimum Gasteiger partial charge on any atom is -0.480 e. The monoisotopic (exact) mass is 147 g/mol. The predicted molar refractivity (Wildman–Crippen MR) is 33.7 cm³/mol. The Balaban J connectivity index is 2.90. The summed E-state index contributed by atoms with van der Waals surface area (Å²) in [4.78, 5) is 19.3. The van der Waals surface area contributed by atoms with E-state index in [1.54, 1.807) is 0 Å². The number of hydrogen-bond donors (Lipinski definition) is 1. The Morgan fingerprint density at radius 3 is 2.80 bits per heavy atom. The van der Waals surface area contributed by atoms with Crippen LogP contribution in [0.3, 0.4) is 0 Å². The van der Waals surface area contributed by atoms with E-state index in [2.05, 4.69) is 9.91 Å². The van der Waals surface area contributed by atoms with Gasteiger partial charge in [0, 0.05) is 6.61 Å². The number of nitroso groups, excluding NO2 is 1. The van der Waals surface area contributed by atoms with Crippen LogP contribution in [-0.4, -0.2) is 30.8 Å². The van der Waals surface area contributed by atoms with Crippen LogP contribution in [0.25, 0.3) is 0 Å². The van der Waals surface area contributed by atoms with Crippen LogP contribution in [0.2, 0.25) is 0 Å². The fourth-order valence-electron chi connectivity index (χ4n) is 0.391. The Labute approximate surface area is 58.0 Å². The molecule has 0 aliphatic carbocycles. The third-order valence-corrected chi connectivity index (χ3v) is 0.764. The van der Waals surface area contributed by atoms with Crippen molar-refractivity contribution < 1.29 is 14.6 Å². The Bertz CT molecular complexity index is 114. The van der Waals surface area contributed by atoms with Crippen molar-refractivity contribution in [1.82, 2.24) is 0 Å². The van der Waals surface area contributed by atoms with Crippen LogP contribution >= 0.6 is 0 Å². The van der Waals surface area contributed by atoms with Gasteiger partial charge in [-0.1, -0.05) is 5.18 Å². The Morgan fingerprint density at radius 1 is 1.60 bits per heavy atom. The third-order valence-electron chi connectivity index (χ3n) is 0.764. The Hall–Kier alpha value is -0.970. The van der Waals surface area contributed by atoms with Crippen LogP contribution in [0.1, 0.15) is 6.42 Å². The van der Waals surface area contributed by atoms with Crippen molar-refractivity contribution in [2.45, 2.75) is 6.42 Å². The Morgan fingerprint density at radius 2 is 2.30 bits per heavy atom. The normalized spacial score (nSPS) is 9.20. The molecule has 0 amide bonds. The Kier molecular flexibility index (Phi) is 5.56. The van der Waals surface area contributed by atoms with E-state index < -0.39 is 5.97 Å². The van der Waals surface area contributed by atoms with Crippen molar-refractivity contribution >= 4 is 5.97 Å². The van der Waals surface area contributed by atoms with Crippen molar-refractivity contribution in [3.8, 4) is 0 Å². The van der Waals surface area contributed by atoms with E-state index >= 15 is 0 Å². The summed E-state index contributed by atoms with van der Waals surface area (Å²) in [5, 5.41) is 10.6. The lowest BCUT2D eigenvalue weighted by molar-refractivity contribution is -0.142. The third kappa shape index (κ3) is 7.03. The molecule has 0 fully saturated rings. The molecule has 0 aromatic rings. The van der Waals surface area contributed by atoms with E-state index in [0.717, 1.165) is 0 Å². The van der Waals surface area contributed by atoms with Gasteiger partial charge in [0.15, 0.2) is 0 Å². The molecule has 10 heavy (non-hydrogen) atoms. The molecule has 0 aliphatic heterocycles. The summed E-state index contributed by atoms with van der Waals surface area (Å²) in [6.45, 7) is 0.149. The maximum absolute atomic E-state index is 9.82. The lowest BCUT2D eigenvalue weighted by Crippen LogP contribution is -2.07. The number of hydrogen-bond acceptors (Lipinski definition) is 4. The largest absolute Gasteiger partial charge is 0.480 e. The van der Waals surface area contributed by atoms with Crippen molar-refractivity contribution in [1.29, 1.82) is 0 Å². The number of carboxylic acids is 1. The van der Waals surface area contributed by atoms with Crippen molar-refractivity contribution in [2.75, 3.05) is 19.8 Å². The average Bonchev–Trinajstić information content (AvgIpc) is 1.87. The predicted octanol–water partition coefficient (Wildman–Crippen LogP) is 0.244. The molecule has 0 unspecified atom stereocenters. The van der Waals surface area contributed by atoms with Gasteiger partial charge in [-0.25, -0.2) is 4.79 Å². The van der Waals surface area contributed by atoms with E-state index in [4.69, 9.17) is 5.11 Å². The summed E-state index contributed by atoms with van der Waals surface area (Å²) >= 11 is 0. The second-order valence-electron chi connectivity index (χ2n) is 1.65. The van der Waals surface area contributed by atoms with Gasteiger partial charge in [-0.05, 0) is 6.42 Å². The zero-order chi connectivity index (χ0) is 7.82. The summed E-state index contributed by atoms with van der Waals surface area (Å²) in [7, 11) is 0. The second kappa shape index (κ2) is 6.15. The number of carbonyl (C=O) groups is 1. The van der Waals surface area contributed by atoms with Gasteiger partial charge in [0.05, 0.1) is 6.54 Å². The summed E-state index contributed by atoms with van der Waals surface area (Å²) in [5.41, 5.74) is 0. The number of aliphatic carboxylic acids is 1. The van der Waals surface area contributed by atoms with Crippen LogP contribution in [0.5, 0.6) is 0 Å². The molecule has 0 heterocycles. The molecule has 0 aromatic carbocycles. The molecular weight excluding hydrogens is 138 g/mol. The van der Waals surface area contributed by atoms with E-state index in [-0.39, 0.29) is 19.8 Å². The maximum Gasteiger partial charge on any atom is 0.329 e. The molecule has 0 atom stereocenters. The fourth-order valence-corrected chi connectivity index (χ4v) is 0.391. The van der Waals surface area contributed by atoms with Gasteiger partial charge in [0.2, 0.25) is 0 Å². The molecule has 0 rings (SSSR count). The minimum absolute atomic E-state index is 0.180. The van der Waals surface area contributed by atoms with Gasteiger partial charge in [-0.15, -0.1) is 0 Å². The average molecular weight is 147 g/mol. The van der Waals surface area contributed by atoms with Gasteiger partial charge >= 0.3 is 5.97 Å². The van der Waals surface area contributed by atoms with Crippen LogP contribution in [-0.2, 0) is 9.53 Å². The van der Waals surface area contributed by atoms with E-state index in [0.29, 0.717) is 6.42 Å². The smallest absolute Gasteiger partial charge is 0.329 e. The number of rotatable bonds is 6. The number of nitrogens with zero attached hydrogens (tertiary/aromatic N) is 1. The number of carboxylic acid groups (broad SMARTS) is 1. The highest BCUT2D eigenvalue weighted by Crippen LogP contribution is 1.82. The van der Waals surface area contributed by atoms with Gasteiger partial charge in [-0.3, -0.25) is 0 Å². The highest BCUT2D eigenvalue weighted by molar-refractivity contribution is 5.67. The van der Waals surface area contributed by atoms with E-state index in [1.165, 1.54) is 0 Å². The van der Waals surface area contributed by atoms with E-state index in [9.17, 15) is 9.70 Å². The molecule has 0 aromatic heterocycles. The van der Waals surface area contributed by atoms with Crippen molar-refractivity contribution in [3.63, 3.8) is 0 Å². The SMILES string of the molecule is O=NCCCOCC(=O)O. The first-order valence-electron chi connectivity index (χ1n) is 2.86. The molecular formula is C5H9NO4. The van der Waals surface area contributed by atoms with Crippen molar-refractivity contribution in [2.24, 2.45) is 5.18 Å². The fraction of sp³-hybridized carbons (Fsp3) is 0.800. The first kappa shape index (κ1) is 9.03. The zero-order valence-electron chi connectivity index (χ0n) is 5.45. The molecule has 1 N–H and O–H groups in total. The summed E-state index contributed by atoms with van der Waals surface area (Å²) < 4.78 is 4.60. The molecule has 0 radical (unpaired) electrons. The zero-order valence-corrected chi connectivity index (χ0v) is 5.45. The molecule has 0 bridgehead atoms. The molecule has 0 spiro atoms. The first-order chi connectivity index (χ1) is 4.77. The highest BCUT2D eigenvalue weighted by atomic mass is 16.5. The standard InChI is InChI=1S/C5H9NO4/c7-5(8)4-10-3-1-2-6-9/h1-4H2,(H,7,8). The van der Waals surface area contributed by atoms with Gasteiger partial charge in [-0.2, -0.15) is 4.91 Å². The van der Waals surface area contributed by atoms with Crippen LogP contribution in [0.4, 0.5) is 0 Å². The summed E-state index contributed by atoms with van der Waals surface area (Å²) in [5.74, 6) is -1.00. The lowest BCUT2D eigenvalue weighted by Gasteiger charge is -1.95. The maximum atomic E-state index is 9.82. The van der Waals surface area contributed by atoms with Crippen LogP contribution in [0.15, 0.2) is 5.18 Å². The molecule has 0 aliphatic rings. The highest BCUT2D eigenvalue weighted by Gasteiger charge is 1.94. The lowest BCUT2D eigenvalue weighted by atomic mass is 10.5. The van der Waals surface area contributed by atoms with Gasteiger partial charge in [0.25, 0.3) is 0 Å². The van der Waals surface area contributed by atoms with Crippen LogP contribution in [0, 0.1) is 4.91 Å². The molecule has 5 nitrogen and oxygen atoms in total. The van der Waals surface area contributed by atoms with Gasteiger partial charge in [0.1, 0.15) is 6.61 Å². The summed E-state index contributed by atoms with van der Waals surface area (Å²) in [6.07, 6.45) is 0.483. The molecule has 58 valence electrons. The molecule has 0 saturated heterocycles. The van der Waals surface area contributed by atoms with Gasteiger partial charge < -0.3 is 9.84 Å². The molecule has 5 heteroatoms. The topological polar surface area (TPSA) is 76.0 Å². The second-order valence-corrected chi connectivity index (χ2v) is 1.65.